The zero-order valence-corrected chi connectivity index (χ0v) is 17.0. The smallest absolute Gasteiger partial charge is 0.257 e. The summed E-state index contributed by atoms with van der Waals surface area (Å²) in [5, 5.41) is 8.75. The zero-order valence-electron chi connectivity index (χ0n) is 17.0. The van der Waals surface area contributed by atoms with Crippen LogP contribution in [0.3, 0.4) is 0 Å². The fourth-order valence-electron chi connectivity index (χ4n) is 2.86. The molecule has 6 heteroatoms. The number of anilines is 2. The second kappa shape index (κ2) is 10.1. The summed E-state index contributed by atoms with van der Waals surface area (Å²) in [6, 6.07) is 23.7. The van der Waals surface area contributed by atoms with Gasteiger partial charge < -0.3 is 20.7 Å². The molecule has 3 aromatic carbocycles. The molecule has 0 bridgehead atoms. The summed E-state index contributed by atoms with van der Waals surface area (Å²) in [4.78, 5) is 24.5. The third-order valence-electron chi connectivity index (χ3n) is 4.51. The number of nitrogens with one attached hydrogen (secondary N) is 3. The number of amides is 2. The molecule has 3 N–H and O–H groups in total. The SMILES string of the molecule is CNC(=O)COc1cccc(NC(C(=O)Nc2ccc(C)cc2)c2ccccc2)c1. The van der Waals surface area contributed by atoms with E-state index in [0.29, 0.717) is 11.4 Å². The van der Waals surface area contributed by atoms with Crippen molar-refractivity contribution in [3.05, 3.63) is 90.0 Å². The number of likely N-dealkylation sites (N-methyl/N-ethyl adjacent to an activating group) is 1. The molecule has 0 saturated heterocycles. The van der Waals surface area contributed by atoms with Gasteiger partial charge in [0, 0.05) is 24.5 Å². The Morgan fingerprint density at radius 1 is 0.900 bits per heavy atom. The highest BCUT2D eigenvalue weighted by Gasteiger charge is 2.21. The average Bonchev–Trinajstić information content (AvgIpc) is 2.78. The van der Waals surface area contributed by atoms with E-state index >= 15 is 0 Å². The molecule has 3 rings (SSSR count). The topological polar surface area (TPSA) is 79.5 Å². The van der Waals surface area contributed by atoms with E-state index in [0.717, 1.165) is 16.8 Å². The van der Waals surface area contributed by atoms with E-state index in [1.165, 1.54) is 0 Å². The molecule has 0 aliphatic heterocycles. The van der Waals surface area contributed by atoms with Crippen LogP contribution < -0.4 is 20.7 Å². The van der Waals surface area contributed by atoms with Gasteiger partial charge in [0.2, 0.25) is 0 Å². The Hall–Kier alpha value is -3.80. The maximum atomic E-state index is 13.1. The van der Waals surface area contributed by atoms with Gasteiger partial charge in [0.1, 0.15) is 11.8 Å². The molecule has 1 unspecified atom stereocenters. The molecular formula is C24H25N3O3. The largest absolute Gasteiger partial charge is 0.484 e. The molecule has 0 fully saturated rings. The van der Waals surface area contributed by atoms with Crippen LogP contribution in [-0.4, -0.2) is 25.5 Å². The lowest BCUT2D eigenvalue weighted by molar-refractivity contribution is -0.122. The molecule has 0 aliphatic rings. The van der Waals surface area contributed by atoms with E-state index < -0.39 is 6.04 Å². The van der Waals surface area contributed by atoms with Crippen LogP contribution in [0, 0.1) is 6.92 Å². The fourth-order valence-corrected chi connectivity index (χ4v) is 2.86. The number of aryl methyl sites for hydroxylation is 1. The lowest BCUT2D eigenvalue weighted by atomic mass is 10.1. The van der Waals surface area contributed by atoms with Crippen molar-refractivity contribution in [2.24, 2.45) is 0 Å². The summed E-state index contributed by atoms with van der Waals surface area (Å²) in [6.07, 6.45) is 0. The third-order valence-corrected chi connectivity index (χ3v) is 4.51. The third kappa shape index (κ3) is 5.85. The highest BCUT2D eigenvalue weighted by molar-refractivity contribution is 5.97. The second-order valence-corrected chi connectivity index (χ2v) is 6.83. The van der Waals surface area contributed by atoms with Crippen LogP contribution in [0.4, 0.5) is 11.4 Å². The van der Waals surface area contributed by atoms with E-state index in [1.54, 1.807) is 25.2 Å². The monoisotopic (exact) mass is 403 g/mol. The van der Waals surface area contributed by atoms with E-state index in [1.807, 2.05) is 67.6 Å². The first-order chi connectivity index (χ1) is 14.5. The number of hydrogen-bond acceptors (Lipinski definition) is 4. The quantitative estimate of drug-likeness (QED) is 0.533. The highest BCUT2D eigenvalue weighted by Crippen LogP contribution is 2.24. The van der Waals surface area contributed by atoms with Crippen LogP contribution in [0.25, 0.3) is 0 Å². The van der Waals surface area contributed by atoms with Gasteiger partial charge in [-0.25, -0.2) is 0 Å². The van der Waals surface area contributed by atoms with Gasteiger partial charge in [-0.15, -0.1) is 0 Å². The minimum absolute atomic E-state index is 0.0734. The van der Waals surface area contributed by atoms with Crippen molar-refractivity contribution in [1.82, 2.24) is 5.32 Å². The Kier molecular flexibility index (Phi) is 7.05. The summed E-state index contributed by atoms with van der Waals surface area (Å²) in [5.74, 6) is 0.143. The number of benzene rings is 3. The summed E-state index contributed by atoms with van der Waals surface area (Å²) in [7, 11) is 1.56. The summed E-state index contributed by atoms with van der Waals surface area (Å²) in [6.45, 7) is 1.93. The van der Waals surface area contributed by atoms with Crippen molar-refractivity contribution in [2.75, 3.05) is 24.3 Å². The van der Waals surface area contributed by atoms with Crippen molar-refractivity contribution >= 4 is 23.2 Å². The molecule has 2 amide bonds. The lowest BCUT2D eigenvalue weighted by Crippen LogP contribution is -2.27. The minimum atomic E-state index is -0.610. The van der Waals surface area contributed by atoms with E-state index in [4.69, 9.17) is 4.74 Å². The Bertz CT molecular complexity index is 988. The Morgan fingerprint density at radius 2 is 1.63 bits per heavy atom. The second-order valence-electron chi connectivity index (χ2n) is 6.83. The molecular weight excluding hydrogens is 378 g/mol. The summed E-state index contributed by atoms with van der Waals surface area (Å²) < 4.78 is 5.50. The van der Waals surface area contributed by atoms with E-state index in [-0.39, 0.29) is 18.4 Å². The maximum Gasteiger partial charge on any atom is 0.257 e. The Balaban J connectivity index is 1.79. The first-order valence-electron chi connectivity index (χ1n) is 9.67. The summed E-state index contributed by atoms with van der Waals surface area (Å²) in [5.41, 5.74) is 3.39. The van der Waals surface area contributed by atoms with Crippen LogP contribution >= 0.6 is 0 Å². The number of rotatable bonds is 8. The normalized spacial score (nSPS) is 11.3. The molecule has 1 atom stereocenters. The van der Waals surface area contributed by atoms with E-state index in [2.05, 4.69) is 16.0 Å². The van der Waals surface area contributed by atoms with Crippen molar-refractivity contribution in [3.8, 4) is 5.75 Å². The van der Waals surface area contributed by atoms with Crippen LogP contribution in [0.1, 0.15) is 17.2 Å². The van der Waals surface area contributed by atoms with Gasteiger partial charge in [-0.3, -0.25) is 9.59 Å². The standard InChI is InChI=1S/C24H25N3O3/c1-17-11-13-19(14-12-17)27-24(29)23(18-7-4-3-5-8-18)26-20-9-6-10-21(15-20)30-16-22(28)25-2/h3-15,23,26H,16H2,1-2H3,(H,25,28)(H,27,29). The highest BCUT2D eigenvalue weighted by atomic mass is 16.5. The van der Waals surface area contributed by atoms with Crippen LogP contribution in [0.15, 0.2) is 78.9 Å². The van der Waals surface area contributed by atoms with Crippen LogP contribution in [0.2, 0.25) is 0 Å². The first kappa shape index (κ1) is 20.9. The molecule has 3 aromatic rings. The van der Waals surface area contributed by atoms with Gasteiger partial charge in [-0.1, -0.05) is 54.1 Å². The van der Waals surface area contributed by atoms with Crippen molar-refractivity contribution in [3.63, 3.8) is 0 Å². The predicted octanol–water partition coefficient (Wildman–Crippen LogP) is 3.91. The number of carbonyl (C=O) groups is 2. The first-order valence-corrected chi connectivity index (χ1v) is 9.67. The Morgan fingerprint density at radius 3 is 2.33 bits per heavy atom. The van der Waals surface area contributed by atoms with E-state index in [9.17, 15) is 9.59 Å². The number of hydrogen-bond donors (Lipinski definition) is 3. The molecule has 154 valence electrons. The van der Waals surface area contributed by atoms with Crippen molar-refractivity contribution in [1.29, 1.82) is 0 Å². The zero-order chi connectivity index (χ0) is 21.3. The van der Waals surface area contributed by atoms with Crippen molar-refractivity contribution < 1.29 is 14.3 Å². The molecule has 0 spiro atoms. The van der Waals surface area contributed by atoms with Crippen LogP contribution in [0.5, 0.6) is 5.75 Å². The van der Waals surface area contributed by atoms with Gasteiger partial charge in [-0.05, 0) is 36.8 Å². The van der Waals surface area contributed by atoms with Gasteiger partial charge in [0.25, 0.3) is 11.8 Å². The summed E-state index contributed by atoms with van der Waals surface area (Å²) >= 11 is 0. The molecule has 6 nitrogen and oxygen atoms in total. The molecule has 0 heterocycles. The molecule has 0 aliphatic carbocycles. The van der Waals surface area contributed by atoms with Gasteiger partial charge in [-0.2, -0.15) is 0 Å². The average molecular weight is 403 g/mol. The fraction of sp³-hybridized carbons (Fsp3) is 0.167. The van der Waals surface area contributed by atoms with Crippen molar-refractivity contribution in [2.45, 2.75) is 13.0 Å². The molecule has 30 heavy (non-hydrogen) atoms. The maximum absolute atomic E-state index is 13.1. The molecule has 0 aromatic heterocycles. The number of ether oxygens (including phenoxy) is 1. The lowest BCUT2D eigenvalue weighted by Gasteiger charge is -2.20. The van der Waals surface area contributed by atoms with Crippen LogP contribution in [-0.2, 0) is 9.59 Å². The Labute approximate surface area is 176 Å². The number of carbonyl (C=O) groups excluding carboxylic acids is 2. The molecule has 0 saturated carbocycles. The molecule has 0 radical (unpaired) electrons. The van der Waals surface area contributed by atoms with Gasteiger partial charge in [0.15, 0.2) is 6.61 Å². The minimum Gasteiger partial charge on any atom is -0.484 e. The van der Waals surface area contributed by atoms with Gasteiger partial charge >= 0.3 is 0 Å². The van der Waals surface area contributed by atoms with Gasteiger partial charge in [0.05, 0.1) is 0 Å². The predicted molar refractivity (Wildman–Crippen MR) is 119 cm³/mol.